The SMILES string of the molecule is CCCNC(=O)C(C)NC(=O)NCc1ccc(C(=O)O)o1. The summed E-state index contributed by atoms with van der Waals surface area (Å²) >= 11 is 0. The number of carboxylic acids is 1. The standard InChI is InChI=1S/C13H19N3O5/c1-3-6-14-11(17)8(2)16-13(20)15-7-9-4-5-10(21-9)12(18)19/h4-5,8H,3,6-7H2,1-2H3,(H,14,17)(H,18,19)(H2,15,16,20). The zero-order valence-electron chi connectivity index (χ0n) is 11.9. The van der Waals surface area contributed by atoms with Crippen molar-refractivity contribution in [2.45, 2.75) is 32.9 Å². The summed E-state index contributed by atoms with van der Waals surface area (Å²) in [6, 6.07) is 1.56. The highest BCUT2D eigenvalue weighted by Crippen LogP contribution is 2.07. The van der Waals surface area contributed by atoms with Gasteiger partial charge in [0, 0.05) is 6.54 Å². The molecular weight excluding hydrogens is 278 g/mol. The Morgan fingerprint density at radius 2 is 2.00 bits per heavy atom. The van der Waals surface area contributed by atoms with Gasteiger partial charge in [0.1, 0.15) is 11.8 Å². The average molecular weight is 297 g/mol. The number of rotatable bonds is 7. The van der Waals surface area contributed by atoms with E-state index in [1.165, 1.54) is 12.1 Å². The van der Waals surface area contributed by atoms with Crippen molar-refractivity contribution in [3.05, 3.63) is 23.7 Å². The van der Waals surface area contributed by atoms with Gasteiger partial charge in [0.2, 0.25) is 11.7 Å². The van der Waals surface area contributed by atoms with Crippen molar-refractivity contribution in [2.75, 3.05) is 6.54 Å². The van der Waals surface area contributed by atoms with E-state index in [9.17, 15) is 14.4 Å². The van der Waals surface area contributed by atoms with Crippen LogP contribution in [0, 0.1) is 0 Å². The van der Waals surface area contributed by atoms with Crippen molar-refractivity contribution in [3.63, 3.8) is 0 Å². The molecule has 0 aliphatic carbocycles. The molecule has 0 aromatic carbocycles. The van der Waals surface area contributed by atoms with Crippen LogP contribution in [0.1, 0.15) is 36.6 Å². The molecule has 1 rings (SSSR count). The first kappa shape index (κ1) is 16.5. The number of hydrogen-bond acceptors (Lipinski definition) is 4. The molecule has 8 heteroatoms. The smallest absolute Gasteiger partial charge is 0.371 e. The van der Waals surface area contributed by atoms with Gasteiger partial charge in [0.05, 0.1) is 6.54 Å². The molecule has 1 atom stereocenters. The Hall–Kier alpha value is -2.51. The molecule has 0 aliphatic rings. The molecule has 8 nitrogen and oxygen atoms in total. The van der Waals surface area contributed by atoms with E-state index in [2.05, 4.69) is 16.0 Å². The molecule has 0 aliphatic heterocycles. The van der Waals surface area contributed by atoms with Gasteiger partial charge in [-0.25, -0.2) is 9.59 Å². The predicted molar refractivity (Wildman–Crippen MR) is 73.8 cm³/mol. The second-order valence-corrected chi connectivity index (χ2v) is 4.41. The molecule has 0 radical (unpaired) electrons. The van der Waals surface area contributed by atoms with Crippen molar-refractivity contribution in [1.82, 2.24) is 16.0 Å². The van der Waals surface area contributed by atoms with Crippen molar-refractivity contribution in [3.8, 4) is 0 Å². The van der Waals surface area contributed by atoms with Crippen LogP contribution in [0.4, 0.5) is 4.79 Å². The van der Waals surface area contributed by atoms with Crippen LogP contribution in [0.5, 0.6) is 0 Å². The molecule has 1 aromatic rings. The number of furan rings is 1. The number of carboxylic acid groups (broad SMARTS) is 1. The Kier molecular flexibility index (Phi) is 6.25. The van der Waals surface area contributed by atoms with E-state index in [-0.39, 0.29) is 18.2 Å². The van der Waals surface area contributed by atoms with Gasteiger partial charge >= 0.3 is 12.0 Å². The summed E-state index contributed by atoms with van der Waals surface area (Å²) in [7, 11) is 0. The maximum atomic E-state index is 11.6. The van der Waals surface area contributed by atoms with E-state index < -0.39 is 18.0 Å². The van der Waals surface area contributed by atoms with Gasteiger partial charge in [-0.1, -0.05) is 6.92 Å². The topological polar surface area (TPSA) is 121 Å². The molecule has 1 aromatic heterocycles. The minimum atomic E-state index is -1.17. The first-order valence-corrected chi connectivity index (χ1v) is 6.58. The summed E-state index contributed by atoms with van der Waals surface area (Å²) in [5.74, 6) is -1.32. The van der Waals surface area contributed by atoms with Gasteiger partial charge in [-0.15, -0.1) is 0 Å². The average Bonchev–Trinajstić information content (AvgIpc) is 2.91. The van der Waals surface area contributed by atoms with Gasteiger partial charge in [-0.3, -0.25) is 4.79 Å². The van der Waals surface area contributed by atoms with E-state index in [1.807, 2.05) is 6.92 Å². The van der Waals surface area contributed by atoms with E-state index in [1.54, 1.807) is 6.92 Å². The Morgan fingerprint density at radius 1 is 1.29 bits per heavy atom. The monoisotopic (exact) mass is 297 g/mol. The van der Waals surface area contributed by atoms with Gasteiger partial charge < -0.3 is 25.5 Å². The Balaban J connectivity index is 2.36. The quantitative estimate of drug-likeness (QED) is 0.590. The lowest BCUT2D eigenvalue weighted by atomic mass is 10.3. The van der Waals surface area contributed by atoms with Crippen LogP contribution in [-0.4, -0.2) is 35.6 Å². The van der Waals surface area contributed by atoms with Gasteiger partial charge in [-0.2, -0.15) is 0 Å². The number of carbonyl (C=O) groups excluding carboxylic acids is 2. The molecule has 0 saturated heterocycles. The summed E-state index contributed by atoms with van der Waals surface area (Å²) in [5.41, 5.74) is 0. The summed E-state index contributed by atoms with van der Waals surface area (Å²) in [4.78, 5) is 33.8. The fourth-order valence-electron chi connectivity index (χ4n) is 1.47. The number of amides is 3. The summed E-state index contributed by atoms with van der Waals surface area (Å²) in [6.07, 6.45) is 0.815. The molecule has 0 fully saturated rings. The number of hydrogen-bond donors (Lipinski definition) is 4. The van der Waals surface area contributed by atoms with E-state index in [0.29, 0.717) is 12.3 Å². The van der Waals surface area contributed by atoms with E-state index >= 15 is 0 Å². The molecule has 1 unspecified atom stereocenters. The van der Waals surface area contributed by atoms with Crippen LogP contribution in [0.3, 0.4) is 0 Å². The van der Waals surface area contributed by atoms with Crippen LogP contribution < -0.4 is 16.0 Å². The second-order valence-electron chi connectivity index (χ2n) is 4.41. The van der Waals surface area contributed by atoms with Crippen molar-refractivity contribution >= 4 is 17.9 Å². The van der Waals surface area contributed by atoms with Crippen molar-refractivity contribution < 1.29 is 23.9 Å². The maximum Gasteiger partial charge on any atom is 0.371 e. The predicted octanol–water partition coefficient (Wildman–Crippen LogP) is 0.692. The Morgan fingerprint density at radius 3 is 2.57 bits per heavy atom. The van der Waals surface area contributed by atoms with Crippen molar-refractivity contribution in [1.29, 1.82) is 0 Å². The minimum Gasteiger partial charge on any atom is -0.475 e. The van der Waals surface area contributed by atoms with E-state index in [0.717, 1.165) is 6.42 Å². The lowest BCUT2D eigenvalue weighted by Crippen LogP contribution is -2.48. The summed E-state index contributed by atoms with van der Waals surface area (Å²) < 4.78 is 4.98. The van der Waals surface area contributed by atoms with Crippen LogP contribution >= 0.6 is 0 Å². The summed E-state index contributed by atoms with van der Waals surface area (Å²) in [5, 5.41) is 16.3. The minimum absolute atomic E-state index is 0.0302. The Labute approximate surface area is 121 Å². The Bertz CT molecular complexity index is 512. The lowest BCUT2D eigenvalue weighted by molar-refractivity contribution is -0.122. The first-order valence-electron chi connectivity index (χ1n) is 6.58. The normalized spacial score (nSPS) is 11.5. The molecule has 1 heterocycles. The zero-order valence-corrected chi connectivity index (χ0v) is 11.9. The molecule has 3 amide bonds. The third kappa shape index (κ3) is 5.55. The fourth-order valence-corrected chi connectivity index (χ4v) is 1.47. The zero-order chi connectivity index (χ0) is 15.8. The highest BCUT2D eigenvalue weighted by Gasteiger charge is 2.15. The molecule has 0 spiro atoms. The molecule has 0 saturated carbocycles. The number of urea groups is 1. The van der Waals surface area contributed by atoms with E-state index in [4.69, 9.17) is 9.52 Å². The van der Waals surface area contributed by atoms with Crippen LogP contribution in [0.25, 0.3) is 0 Å². The molecule has 116 valence electrons. The van der Waals surface area contributed by atoms with Crippen LogP contribution in [-0.2, 0) is 11.3 Å². The third-order valence-corrected chi connectivity index (χ3v) is 2.59. The fraction of sp³-hybridized carbons (Fsp3) is 0.462. The first-order chi connectivity index (χ1) is 9.93. The van der Waals surface area contributed by atoms with Crippen LogP contribution in [0.2, 0.25) is 0 Å². The highest BCUT2D eigenvalue weighted by atomic mass is 16.4. The van der Waals surface area contributed by atoms with Gasteiger partial charge in [0.25, 0.3) is 0 Å². The third-order valence-electron chi connectivity index (χ3n) is 2.59. The van der Waals surface area contributed by atoms with Gasteiger partial charge in [-0.05, 0) is 25.5 Å². The second kappa shape index (κ2) is 7.93. The number of nitrogens with one attached hydrogen (secondary N) is 3. The maximum absolute atomic E-state index is 11.6. The van der Waals surface area contributed by atoms with Crippen LogP contribution in [0.15, 0.2) is 16.5 Å². The van der Waals surface area contributed by atoms with Gasteiger partial charge in [0.15, 0.2) is 0 Å². The van der Waals surface area contributed by atoms with Crippen molar-refractivity contribution in [2.24, 2.45) is 0 Å². The summed E-state index contributed by atoms with van der Waals surface area (Å²) in [6.45, 7) is 4.08. The molecular formula is C13H19N3O5. The highest BCUT2D eigenvalue weighted by molar-refractivity contribution is 5.86. The largest absolute Gasteiger partial charge is 0.475 e. The molecule has 21 heavy (non-hydrogen) atoms. The molecule has 4 N–H and O–H groups in total. The number of carbonyl (C=O) groups is 3. The lowest BCUT2D eigenvalue weighted by Gasteiger charge is -2.14. The molecule has 0 bridgehead atoms. The number of aromatic carboxylic acids is 1.